The van der Waals surface area contributed by atoms with Crippen molar-refractivity contribution in [2.45, 2.75) is 64.1 Å². The van der Waals surface area contributed by atoms with Crippen LogP contribution in [0.4, 0.5) is 0 Å². The van der Waals surface area contributed by atoms with Gasteiger partial charge in [0.05, 0.1) is 14.2 Å². The summed E-state index contributed by atoms with van der Waals surface area (Å²) in [4.78, 5) is 45.0. The molecule has 0 aliphatic heterocycles. The summed E-state index contributed by atoms with van der Waals surface area (Å²) in [6.45, 7) is 7.99. The van der Waals surface area contributed by atoms with Crippen molar-refractivity contribution >= 4 is 26.0 Å². The lowest BCUT2D eigenvalue weighted by Gasteiger charge is -2.35. The lowest BCUT2D eigenvalue weighted by Crippen LogP contribution is -2.38. The Kier molecular flexibility index (Phi) is 8.69. The topological polar surface area (TPSA) is 89.9 Å². The average Bonchev–Trinajstić information content (AvgIpc) is 2.47. The number of ketones is 1. The Morgan fingerprint density at radius 3 is 2.04 bits per heavy atom. The van der Waals surface area contributed by atoms with Crippen LogP contribution in [0.2, 0.25) is 18.1 Å². The van der Waals surface area contributed by atoms with Crippen LogP contribution < -0.4 is 0 Å². The number of rotatable bonds is 10. The maximum absolute atomic E-state index is 11.8. The Morgan fingerprint density at radius 2 is 1.61 bits per heavy atom. The van der Waals surface area contributed by atoms with E-state index in [1.807, 2.05) is 13.1 Å². The molecular weight excluding hydrogens is 316 g/mol. The lowest BCUT2D eigenvalue weighted by atomic mass is 9.95. The van der Waals surface area contributed by atoms with Gasteiger partial charge >= 0.3 is 11.9 Å². The summed E-state index contributed by atoms with van der Waals surface area (Å²) >= 11 is 0. The van der Waals surface area contributed by atoms with Crippen LogP contribution in [0.1, 0.15) is 46.0 Å². The van der Waals surface area contributed by atoms with Gasteiger partial charge in [-0.05, 0) is 31.0 Å². The molecule has 0 aromatic heterocycles. The molecule has 0 amide bonds. The van der Waals surface area contributed by atoms with E-state index in [0.717, 1.165) is 26.4 Å². The molecule has 0 unspecified atom stereocenters. The van der Waals surface area contributed by atoms with Gasteiger partial charge in [0.15, 0.2) is 8.32 Å². The lowest BCUT2D eigenvalue weighted by molar-refractivity contribution is -0.160. The van der Waals surface area contributed by atoms with Crippen LogP contribution in [-0.2, 0) is 23.9 Å². The molecule has 0 saturated carbocycles. The van der Waals surface area contributed by atoms with Crippen LogP contribution in [0, 0.1) is 5.92 Å². The minimum Gasteiger partial charge on any atom is -0.468 e. The zero-order valence-corrected chi connectivity index (χ0v) is 16.1. The molecule has 1 N–H and O–H groups in total. The van der Waals surface area contributed by atoms with Gasteiger partial charge < -0.3 is 14.3 Å². The predicted molar refractivity (Wildman–Crippen MR) is 89.4 cm³/mol. The third-order valence-electron chi connectivity index (χ3n) is 4.64. The number of unbranched alkanes of at least 4 members (excludes halogenated alkanes) is 2. The first-order chi connectivity index (χ1) is 10.5. The molecule has 0 aromatic carbocycles. The Labute approximate surface area is 139 Å². The van der Waals surface area contributed by atoms with Gasteiger partial charge in [-0.25, -0.2) is 4.79 Å². The van der Waals surface area contributed by atoms with Crippen molar-refractivity contribution in [1.29, 1.82) is 0 Å². The Hall–Kier alpha value is -1.21. The second-order valence-corrected chi connectivity index (χ2v) is 11.4. The monoisotopic (exact) mass is 346 g/mol. The number of esters is 2. The van der Waals surface area contributed by atoms with Crippen molar-refractivity contribution in [3.8, 4) is 0 Å². The predicted octanol–water partition coefficient (Wildman–Crippen LogP) is 2.45. The van der Waals surface area contributed by atoms with Crippen LogP contribution in [-0.4, -0.2) is 45.1 Å². The van der Waals surface area contributed by atoms with Gasteiger partial charge in [-0.3, -0.25) is 9.59 Å². The van der Waals surface area contributed by atoms with Crippen LogP contribution in [0.3, 0.4) is 0 Å². The second-order valence-electron chi connectivity index (χ2n) is 6.97. The molecule has 6 nitrogen and oxygen atoms in total. The van der Waals surface area contributed by atoms with E-state index in [1.54, 1.807) is 0 Å². The van der Waals surface area contributed by atoms with Crippen LogP contribution in [0.25, 0.3) is 0 Å². The fraction of sp³-hybridized carbons (Fsp3) is 0.812. The van der Waals surface area contributed by atoms with E-state index >= 15 is 0 Å². The summed E-state index contributed by atoms with van der Waals surface area (Å²) in [5, 5.41) is -0.0867. The van der Waals surface area contributed by atoms with Gasteiger partial charge in [-0.15, -0.1) is 0 Å². The number of methoxy groups -OCH3 is 2. The molecule has 0 radical (unpaired) electrons. The number of ether oxygens (including phenoxy) is 2. The minimum atomic E-state index is -2.22. The molecule has 23 heavy (non-hydrogen) atoms. The first kappa shape index (κ1) is 21.8. The zero-order valence-electron chi connectivity index (χ0n) is 15.1. The van der Waals surface area contributed by atoms with Crippen molar-refractivity contribution in [3.63, 3.8) is 0 Å². The van der Waals surface area contributed by atoms with E-state index in [-0.39, 0.29) is 11.5 Å². The maximum atomic E-state index is 11.8. The molecule has 0 aliphatic rings. The molecule has 0 fully saturated rings. The van der Waals surface area contributed by atoms with Crippen molar-refractivity contribution in [2.24, 2.45) is 5.92 Å². The van der Waals surface area contributed by atoms with Crippen molar-refractivity contribution in [3.05, 3.63) is 0 Å². The van der Waals surface area contributed by atoms with E-state index in [0.29, 0.717) is 6.42 Å². The number of hydrogen-bond donors (Lipinski definition) is 1. The molecular formula is C16H30O6Si. The summed E-state index contributed by atoms with van der Waals surface area (Å²) in [5.41, 5.74) is 0. The molecule has 0 spiro atoms. The molecule has 7 heteroatoms. The average molecular weight is 346 g/mol. The van der Waals surface area contributed by atoms with Crippen molar-refractivity contribution in [1.82, 2.24) is 0 Å². The standard InChI is InChI=1S/C16H30O6Si/c1-16(2,23(5,6)20)11-9-7-8-10-12(14(18)21-3)13(17)15(19)22-4/h12,20H,7-11H2,1-6H3/t12-/m1/s1. The van der Waals surface area contributed by atoms with Gasteiger partial charge in [0, 0.05) is 0 Å². The van der Waals surface area contributed by atoms with Crippen LogP contribution in [0.5, 0.6) is 0 Å². The Morgan fingerprint density at radius 1 is 1.04 bits per heavy atom. The summed E-state index contributed by atoms with van der Waals surface area (Å²) in [6, 6.07) is 0. The Balaban J connectivity index is 4.43. The summed E-state index contributed by atoms with van der Waals surface area (Å²) < 4.78 is 8.97. The van der Waals surface area contributed by atoms with Crippen LogP contribution >= 0.6 is 0 Å². The number of carbonyl (C=O) groups excluding carboxylic acids is 3. The van der Waals surface area contributed by atoms with E-state index in [2.05, 4.69) is 23.3 Å². The highest BCUT2D eigenvalue weighted by atomic mass is 28.4. The van der Waals surface area contributed by atoms with Gasteiger partial charge in [-0.1, -0.05) is 33.1 Å². The zero-order chi connectivity index (χ0) is 18.3. The number of hydrogen-bond acceptors (Lipinski definition) is 6. The molecule has 0 heterocycles. The molecule has 134 valence electrons. The highest BCUT2D eigenvalue weighted by Gasteiger charge is 2.37. The second kappa shape index (κ2) is 9.17. The normalized spacial score (nSPS) is 13.3. The number of carbonyl (C=O) groups is 3. The first-order valence-electron chi connectivity index (χ1n) is 7.90. The molecule has 0 saturated heterocycles. The van der Waals surface area contributed by atoms with E-state index in [9.17, 15) is 19.2 Å². The van der Waals surface area contributed by atoms with Gasteiger partial charge in [0.1, 0.15) is 5.92 Å². The van der Waals surface area contributed by atoms with E-state index < -0.39 is 32.0 Å². The van der Waals surface area contributed by atoms with Gasteiger partial charge in [0.25, 0.3) is 5.78 Å². The molecule has 0 bridgehead atoms. The molecule has 1 atom stereocenters. The molecule has 0 aromatic rings. The number of Topliss-reactive ketones (excluding diaryl/α,β-unsaturated/α-hetero) is 1. The highest BCUT2D eigenvalue weighted by Crippen LogP contribution is 2.40. The van der Waals surface area contributed by atoms with Gasteiger partial charge in [0.2, 0.25) is 0 Å². The highest BCUT2D eigenvalue weighted by molar-refractivity contribution is 6.72. The summed E-state index contributed by atoms with van der Waals surface area (Å²) in [5.74, 6) is -3.67. The maximum Gasteiger partial charge on any atom is 0.375 e. The quantitative estimate of drug-likeness (QED) is 0.215. The fourth-order valence-corrected chi connectivity index (χ4v) is 2.93. The largest absolute Gasteiger partial charge is 0.468 e. The summed E-state index contributed by atoms with van der Waals surface area (Å²) in [7, 11) is 0.0815. The smallest absolute Gasteiger partial charge is 0.375 e. The van der Waals surface area contributed by atoms with Crippen molar-refractivity contribution < 1.29 is 28.7 Å². The molecule has 0 aliphatic carbocycles. The van der Waals surface area contributed by atoms with E-state index in [4.69, 9.17) is 0 Å². The summed E-state index contributed by atoms with van der Waals surface area (Å²) in [6.07, 6.45) is 3.49. The van der Waals surface area contributed by atoms with E-state index in [1.165, 1.54) is 7.11 Å². The third kappa shape index (κ3) is 6.82. The Bertz CT molecular complexity index is 425. The van der Waals surface area contributed by atoms with Crippen LogP contribution in [0.15, 0.2) is 0 Å². The van der Waals surface area contributed by atoms with Gasteiger partial charge in [-0.2, -0.15) is 0 Å². The SMILES string of the molecule is COC(=O)C(=O)[C@@H](CCCCCC(C)(C)[Si](C)(C)O)C(=O)OC. The first-order valence-corrected chi connectivity index (χ1v) is 10.8. The van der Waals surface area contributed by atoms with Crippen molar-refractivity contribution in [2.75, 3.05) is 14.2 Å². The molecule has 0 rings (SSSR count). The third-order valence-corrected chi connectivity index (χ3v) is 8.20. The minimum absolute atomic E-state index is 0.0867. The fourth-order valence-electron chi connectivity index (χ4n) is 2.14.